The molecule has 7 heteroatoms. The summed E-state index contributed by atoms with van der Waals surface area (Å²) in [5.74, 6) is -2.28. The first-order chi connectivity index (χ1) is 13.2. The predicted octanol–water partition coefficient (Wildman–Crippen LogP) is 2.81. The third kappa shape index (κ3) is 6.50. The number of hydrogen-bond donors (Lipinski definition) is 2. The molecule has 0 saturated heterocycles. The van der Waals surface area contributed by atoms with Gasteiger partial charge in [0.25, 0.3) is 0 Å². The van der Waals surface area contributed by atoms with E-state index in [1.165, 1.54) is 36.1 Å². The van der Waals surface area contributed by atoms with Gasteiger partial charge in [-0.3, -0.25) is 14.4 Å². The summed E-state index contributed by atoms with van der Waals surface area (Å²) in [7, 11) is 0. The van der Waals surface area contributed by atoms with Gasteiger partial charge in [-0.05, 0) is 30.2 Å². The summed E-state index contributed by atoms with van der Waals surface area (Å²) in [4.78, 5) is 36.8. The second kappa shape index (κ2) is 9.64. The Labute approximate surface area is 163 Å². The standard InChI is InChI=1S/C21H23FN2O4/c1-14-3-7-17(8-4-14)19(23-15(2)25)11-20(26)24(13-21(27)28)12-16-5-9-18(22)10-6-16/h3-10,19H,11-13H2,1-2H3,(H,23,25)(H,27,28). The summed E-state index contributed by atoms with van der Waals surface area (Å²) in [5, 5.41) is 11.9. The van der Waals surface area contributed by atoms with E-state index in [4.69, 9.17) is 5.11 Å². The van der Waals surface area contributed by atoms with Gasteiger partial charge in [-0.2, -0.15) is 0 Å². The molecule has 0 aliphatic heterocycles. The molecule has 0 spiro atoms. The number of amides is 2. The lowest BCUT2D eigenvalue weighted by molar-refractivity contribution is -0.145. The van der Waals surface area contributed by atoms with Gasteiger partial charge in [0.1, 0.15) is 12.4 Å². The average Bonchev–Trinajstić information content (AvgIpc) is 2.62. The summed E-state index contributed by atoms with van der Waals surface area (Å²) in [6.45, 7) is 2.84. The predicted molar refractivity (Wildman–Crippen MR) is 102 cm³/mol. The highest BCUT2D eigenvalue weighted by molar-refractivity contribution is 5.82. The van der Waals surface area contributed by atoms with Gasteiger partial charge in [-0.25, -0.2) is 4.39 Å². The monoisotopic (exact) mass is 386 g/mol. The number of rotatable bonds is 8. The third-order valence-corrected chi connectivity index (χ3v) is 4.20. The molecule has 148 valence electrons. The smallest absolute Gasteiger partial charge is 0.323 e. The molecule has 1 unspecified atom stereocenters. The zero-order chi connectivity index (χ0) is 20.7. The van der Waals surface area contributed by atoms with Crippen LogP contribution in [0.5, 0.6) is 0 Å². The summed E-state index contributed by atoms with van der Waals surface area (Å²) in [6, 6.07) is 12.3. The van der Waals surface area contributed by atoms with Gasteiger partial charge in [0.15, 0.2) is 0 Å². The lowest BCUT2D eigenvalue weighted by atomic mass is 10.0. The molecular weight excluding hydrogens is 363 g/mol. The Hall–Kier alpha value is -3.22. The molecule has 28 heavy (non-hydrogen) atoms. The lowest BCUT2D eigenvalue weighted by Gasteiger charge is -2.25. The van der Waals surface area contributed by atoms with Crippen LogP contribution in [-0.4, -0.2) is 34.3 Å². The quantitative estimate of drug-likeness (QED) is 0.730. The molecule has 2 N–H and O–H groups in total. The highest BCUT2D eigenvalue weighted by Crippen LogP contribution is 2.20. The first kappa shape index (κ1) is 21.1. The zero-order valence-electron chi connectivity index (χ0n) is 15.8. The molecule has 0 fully saturated rings. The van der Waals surface area contributed by atoms with E-state index in [0.717, 1.165) is 11.1 Å². The molecule has 2 amide bonds. The minimum absolute atomic E-state index is 0.0338. The van der Waals surface area contributed by atoms with Crippen LogP contribution in [0, 0.1) is 12.7 Å². The van der Waals surface area contributed by atoms with Gasteiger partial charge in [0.2, 0.25) is 11.8 Å². The average molecular weight is 386 g/mol. The summed E-state index contributed by atoms with van der Waals surface area (Å²) >= 11 is 0. The fourth-order valence-electron chi connectivity index (χ4n) is 2.81. The Kier molecular flexibility index (Phi) is 7.26. The van der Waals surface area contributed by atoms with Crippen LogP contribution >= 0.6 is 0 Å². The number of nitrogens with one attached hydrogen (secondary N) is 1. The van der Waals surface area contributed by atoms with Crippen molar-refractivity contribution in [1.29, 1.82) is 0 Å². The molecule has 2 rings (SSSR count). The van der Waals surface area contributed by atoms with Crippen molar-refractivity contribution in [2.24, 2.45) is 0 Å². The molecule has 0 heterocycles. The second-order valence-electron chi connectivity index (χ2n) is 6.64. The van der Waals surface area contributed by atoms with Gasteiger partial charge >= 0.3 is 5.97 Å². The van der Waals surface area contributed by atoms with E-state index in [0.29, 0.717) is 5.56 Å². The number of halogens is 1. The topological polar surface area (TPSA) is 86.7 Å². The zero-order valence-corrected chi connectivity index (χ0v) is 15.8. The number of hydrogen-bond acceptors (Lipinski definition) is 3. The fourth-order valence-corrected chi connectivity index (χ4v) is 2.81. The van der Waals surface area contributed by atoms with Crippen molar-refractivity contribution in [3.63, 3.8) is 0 Å². The summed E-state index contributed by atoms with van der Waals surface area (Å²) < 4.78 is 13.1. The maximum absolute atomic E-state index is 13.1. The van der Waals surface area contributed by atoms with Crippen molar-refractivity contribution in [1.82, 2.24) is 10.2 Å². The van der Waals surface area contributed by atoms with E-state index >= 15 is 0 Å². The maximum Gasteiger partial charge on any atom is 0.323 e. The molecule has 0 bridgehead atoms. The number of nitrogens with zero attached hydrogens (tertiary/aromatic N) is 1. The van der Waals surface area contributed by atoms with E-state index in [1.54, 1.807) is 0 Å². The Balaban J connectivity index is 2.19. The van der Waals surface area contributed by atoms with Crippen LogP contribution in [0.1, 0.15) is 36.1 Å². The number of carbonyl (C=O) groups is 3. The second-order valence-corrected chi connectivity index (χ2v) is 6.64. The van der Waals surface area contributed by atoms with Crippen LogP contribution in [0.15, 0.2) is 48.5 Å². The van der Waals surface area contributed by atoms with E-state index in [-0.39, 0.29) is 18.9 Å². The van der Waals surface area contributed by atoms with Crippen LogP contribution in [-0.2, 0) is 20.9 Å². The number of carboxylic acids is 1. The largest absolute Gasteiger partial charge is 0.480 e. The van der Waals surface area contributed by atoms with Gasteiger partial charge in [-0.15, -0.1) is 0 Å². The Morgan fingerprint density at radius 2 is 1.68 bits per heavy atom. The molecule has 0 aliphatic carbocycles. The van der Waals surface area contributed by atoms with E-state index in [2.05, 4.69) is 5.32 Å². The van der Waals surface area contributed by atoms with Gasteiger partial charge in [-0.1, -0.05) is 42.0 Å². The van der Waals surface area contributed by atoms with Crippen molar-refractivity contribution in [3.05, 3.63) is 71.0 Å². The summed E-state index contributed by atoms with van der Waals surface area (Å²) in [6.07, 6.45) is -0.0862. The highest BCUT2D eigenvalue weighted by atomic mass is 19.1. The normalized spacial score (nSPS) is 11.5. The lowest BCUT2D eigenvalue weighted by Crippen LogP contribution is -2.38. The molecular formula is C21H23FN2O4. The Morgan fingerprint density at radius 3 is 2.21 bits per heavy atom. The molecule has 0 aromatic heterocycles. The first-order valence-electron chi connectivity index (χ1n) is 8.82. The SMILES string of the molecule is CC(=O)NC(CC(=O)N(CC(=O)O)Cc1ccc(F)cc1)c1ccc(C)cc1. The van der Waals surface area contributed by atoms with Gasteiger partial charge < -0.3 is 15.3 Å². The fraction of sp³-hybridized carbons (Fsp3) is 0.286. The van der Waals surface area contributed by atoms with Crippen LogP contribution in [0.2, 0.25) is 0 Å². The van der Waals surface area contributed by atoms with Crippen molar-refractivity contribution in [3.8, 4) is 0 Å². The van der Waals surface area contributed by atoms with Crippen LogP contribution in [0.4, 0.5) is 4.39 Å². The Morgan fingerprint density at radius 1 is 1.07 bits per heavy atom. The van der Waals surface area contributed by atoms with Crippen LogP contribution in [0.25, 0.3) is 0 Å². The summed E-state index contributed by atoms with van der Waals surface area (Å²) in [5.41, 5.74) is 2.41. The van der Waals surface area contributed by atoms with Crippen molar-refractivity contribution >= 4 is 17.8 Å². The number of aryl methyl sites for hydroxylation is 1. The van der Waals surface area contributed by atoms with Crippen LogP contribution in [0.3, 0.4) is 0 Å². The third-order valence-electron chi connectivity index (χ3n) is 4.20. The van der Waals surface area contributed by atoms with Crippen molar-refractivity contribution in [2.45, 2.75) is 32.9 Å². The highest BCUT2D eigenvalue weighted by Gasteiger charge is 2.23. The Bertz CT molecular complexity index is 834. The number of aliphatic carboxylic acids is 1. The molecule has 0 radical (unpaired) electrons. The van der Waals surface area contributed by atoms with Gasteiger partial charge in [0, 0.05) is 13.5 Å². The van der Waals surface area contributed by atoms with Crippen molar-refractivity contribution in [2.75, 3.05) is 6.54 Å². The number of carbonyl (C=O) groups excluding carboxylic acids is 2. The first-order valence-corrected chi connectivity index (χ1v) is 8.82. The molecule has 6 nitrogen and oxygen atoms in total. The minimum atomic E-state index is -1.15. The minimum Gasteiger partial charge on any atom is -0.480 e. The van der Waals surface area contributed by atoms with E-state index in [9.17, 15) is 18.8 Å². The van der Waals surface area contributed by atoms with Gasteiger partial charge in [0.05, 0.1) is 12.5 Å². The molecule has 1 atom stereocenters. The maximum atomic E-state index is 13.1. The number of benzene rings is 2. The number of carboxylic acid groups (broad SMARTS) is 1. The molecule has 2 aromatic rings. The van der Waals surface area contributed by atoms with Crippen LogP contribution < -0.4 is 5.32 Å². The van der Waals surface area contributed by atoms with Crippen molar-refractivity contribution < 1.29 is 23.9 Å². The molecule has 0 aliphatic rings. The molecule has 0 saturated carbocycles. The molecule has 2 aromatic carbocycles. The van der Waals surface area contributed by atoms with E-state index in [1.807, 2.05) is 31.2 Å². The van der Waals surface area contributed by atoms with E-state index < -0.39 is 30.3 Å².